The van der Waals surface area contributed by atoms with Gasteiger partial charge in [-0.1, -0.05) is 18.6 Å². The lowest BCUT2D eigenvalue weighted by molar-refractivity contribution is -0.121. The summed E-state index contributed by atoms with van der Waals surface area (Å²) in [6, 6.07) is 7.32. The largest absolute Gasteiger partial charge is 0.352 e. The lowest BCUT2D eigenvalue weighted by Gasteiger charge is -2.06. The van der Waals surface area contributed by atoms with Crippen molar-refractivity contribution in [2.24, 2.45) is 5.10 Å². The molecule has 1 rings (SSSR count). The van der Waals surface area contributed by atoms with Crippen LogP contribution in [0.4, 0.5) is 0 Å². The Morgan fingerprint density at radius 1 is 1.24 bits per heavy atom. The van der Waals surface area contributed by atoms with E-state index in [4.69, 9.17) is 0 Å². The highest BCUT2D eigenvalue weighted by molar-refractivity contribution is 9.10. The molecular weight excluding hydrogens is 334 g/mol. The summed E-state index contributed by atoms with van der Waals surface area (Å²) < 4.78 is 0.788. The first kappa shape index (κ1) is 17.4. The molecule has 0 radical (unpaired) electrons. The summed E-state index contributed by atoms with van der Waals surface area (Å²) in [6.07, 6.45) is 4.51. The van der Waals surface area contributed by atoms with E-state index in [1.54, 1.807) is 13.0 Å². The van der Waals surface area contributed by atoms with Crippen molar-refractivity contribution in [1.29, 1.82) is 0 Å². The summed E-state index contributed by atoms with van der Waals surface area (Å²) in [4.78, 5) is 23.2. The molecule has 0 aliphatic carbocycles. The molecule has 2 N–H and O–H groups in total. The van der Waals surface area contributed by atoms with Crippen molar-refractivity contribution in [2.45, 2.75) is 32.6 Å². The maximum Gasteiger partial charge on any atom is 0.252 e. The standard InChI is InChI=1S/C15H20BrN3O2/c1-2-18-19-14(20)10-4-3-7-11-17-15(21)12-8-5-6-9-13(12)16/h2,5-6,8-9H,3-4,7,10-11H2,1H3,(H,17,21)(H,19,20). The van der Waals surface area contributed by atoms with E-state index in [0.717, 1.165) is 23.7 Å². The van der Waals surface area contributed by atoms with Crippen molar-refractivity contribution < 1.29 is 9.59 Å². The Labute approximate surface area is 133 Å². The molecule has 1 aromatic carbocycles. The number of hydrazone groups is 1. The predicted octanol–water partition coefficient (Wildman–Crippen LogP) is 2.86. The average molecular weight is 354 g/mol. The smallest absolute Gasteiger partial charge is 0.252 e. The van der Waals surface area contributed by atoms with Crippen LogP contribution in [-0.2, 0) is 4.79 Å². The Morgan fingerprint density at radius 2 is 2.00 bits per heavy atom. The van der Waals surface area contributed by atoms with Gasteiger partial charge in [-0.25, -0.2) is 5.43 Å². The molecule has 0 aliphatic heterocycles. The molecule has 0 spiro atoms. The number of benzene rings is 1. The van der Waals surface area contributed by atoms with Gasteiger partial charge in [-0.3, -0.25) is 9.59 Å². The summed E-state index contributed by atoms with van der Waals surface area (Å²) in [6.45, 7) is 2.35. The van der Waals surface area contributed by atoms with Gasteiger partial charge in [0.05, 0.1) is 5.56 Å². The van der Waals surface area contributed by atoms with E-state index in [1.165, 1.54) is 6.21 Å². The molecule has 21 heavy (non-hydrogen) atoms. The van der Waals surface area contributed by atoms with Gasteiger partial charge in [0.1, 0.15) is 0 Å². The Morgan fingerprint density at radius 3 is 2.71 bits per heavy atom. The van der Waals surface area contributed by atoms with Crippen LogP contribution < -0.4 is 10.7 Å². The molecule has 0 aromatic heterocycles. The van der Waals surface area contributed by atoms with Crippen LogP contribution in [0.25, 0.3) is 0 Å². The number of hydrogen-bond donors (Lipinski definition) is 2. The Hall–Kier alpha value is -1.69. The van der Waals surface area contributed by atoms with Crippen LogP contribution in [0.5, 0.6) is 0 Å². The Balaban J connectivity index is 2.13. The second-order valence-corrected chi connectivity index (χ2v) is 5.32. The highest BCUT2D eigenvalue weighted by Crippen LogP contribution is 2.15. The summed E-state index contributed by atoms with van der Waals surface area (Å²) in [7, 11) is 0. The summed E-state index contributed by atoms with van der Waals surface area (Å²) in [5.41, 5.74) is 3.06. The number of amides is 2. The molecule has 0 bridgehead atoms. The van der Waals surface area contributed by atoms with E-state index < -0.39 is 0 Å². The van der Waals surface area contributed by atoms with Crippen LogP contribution in [-0.4, -0.2) is 24.6 Å². The van der Waals surface area contributed by atoms with Crippen LogP contribution in [0.15, 0.2) is 33.8 Å². The zero-order chi connectivity index (χ0) is 15.5. The van der Waals surface area contributed by atoms with Gasteiger partial charge in [0.25, 0.3) is 5.91 Å². The van der Waals surface area contributed by atoms with E-state index in [0.29, 0.717) is 18.5 Å². The number of hydrogen-bond acceptors (Lipinski definition) is 3. The molecule has 6 heteroatoms. The predicted molar refractivity (Wildman–Crippen MR) is 87.3 cm³/mol. The Kier molecular flexibility index (Phi) is 8.35. The fraction of sp³-hybridized carbons (Fsp3) is 0.400. The maximum absolute atomic E-state index is 11.9. The fourth-order valence-electron chi connectivity index (χ4n) is 1.72. The van der Waals surface area contributed by atoms with Gasteiger partial charge in [-0.05, 0) is 47.8 Å². The molecule has 0 fully saturated rings. The van der Waals surface area contributed by atoms with Crippen molar-refractivity contribution in [3.8, 4) is 0 Å². The first-order valence-electron chi connectivity index (χ1n) is 6.94. The zero-order valence-corrected chi connectivity index (χ0v) is 13.6. The van der Waals surface area contributed by atoms with Gasteiger partial charge >= 0.3 is 0 Å². The minimum atomic E-state index is -0.0856. The molecule has 0 saturated carbocycles. The molecule has 114 valence electrons. The van der Waals surface area contributed by atoms with E-state index >= 15 is 0 Å². The topological polar surface area (TPSA) is 70.6 Å². The van der Waals surface area contributed by atoms with Crippen molar-refractivity contribution in [3.63, 3.8) is 0 Å². The number of unbranched alkanes of at least 4 members (excludes halogenated alkanes) is 2. The monoisotopic (exact) mass is 353 g/mol. The first-order chi connectivity index (χ1) is 10.1. The molecule has 0 unspecified atom stereocenters. The van der Waals surface area contributed by atoms with Gasteiger partial charge in [0.15, 0.2) is 0 Å². The van der Waals surface area contributed by atoms with Crippen LogP contribution in [0, 0.1) is 0 Å². The van der Waals surface area contributed by atoms with Crippen LogP contribution in [0.3, 0.4) is 0 Å². The van der Waals surface area contributed by atoms with Crippen LogP contribution in [0.2, 0.25) is 0 Å². The third kappa shape index (κ3) is 7.04. The number of carbonyl (C=O) groups excluding carboxylic acids is 2. The van der Waals surface area contributed by atoms with Crippen LogP contribution in [0.1, 0.15) is 43.0 Å². The highest BCUT2D eigenvalue weighted by atomic mass is 79.9. The summed E-state index contributed by atoms with van der Waals surface area (Å²) in [5, 5.41) is 6.54. The zero-order valence-electron chi connectivity index (χ0n) is 12.1. The number of rotatable bonds is 8. The number of nitrogens with one attached hydrogen (secondary N) is 2. The molecular formula is C15H20BrN3O2. The lowest BCUT2D eigenvalue weighted by Crippen LogP contribution is -2.24. The number of halogens is 1. The van der Waals surface area contributed by atoms with Gasteiger partial charge < -0.3 is 5.32 Å². The molecule has 0 aliphatic rings. The Bertz CT molecular complexity index is 503. The van der Waals surface area contributed by atoms with E-state index in [1.807, 2.05) is 18.2 Å². The normalized spacial score (nSPS) is 10.6. The molecule has 5 nitrogen and oxygen atoms in total. The molecule has 0 saturated heterocycles. The van der Waals surface area contributed by atoms with Crippen LogP contribution >= 0.6 is 15.9 Å². The molecule has 0 atom stereocenters. The molecule has 0 heterocycles. The van der Waals surface area contributed by atoms with E-state index in [2.05, 4.69) is 31.8 Å². The second-order valence-electron chi connectivity index (χ2n) is 4.47. The minimum absolute atomic E-state index is 0.0784. The average Bonchev–Trinajstić information content (AvgIpc) is 2.48. The quantitative estimate of drug-likeness (QED) is 0.428. The van der Waals surface area contributed by atoms with E-state index in [-0.39, 0.29) is 11.8 Å². The van der Waals surface area contributed by atoms with Gasteiger partial charge in [-0.2, -0.15) is 5.10 Å². The third-order valence-corrected chi connectivity index (χ3v) is 3.49. The van der Waals surface area contributed by atoms with E-state index in [9.17, 15) is 9.59 Å². The minimum Gasteiger partial charge on any atom is -0.352 e. The molecule has 2 amide bonds. The number of nitrogens with zero attached hydrogens (tertiary/aromatic N) is 1. The second kappa shape index (κ2) is 10.1. The van der Waals surface area contributed by atoms with Gasteiger partial charge in [0.2, 0.25) is 5.91 Å². The van der Waals surface area contributed by atoms with Gasteiger partial charge in [-0.15, -0.1) is 0 Å². The summed E-state index contributed by atoms with van der Waals surface area (Å²) >= 11 is 3.35. The maximum atomic E-state index is 11.9. The van der Waals surface area contributed by atoms with Gasteiger partial charge in [0, 0.05) is 23.7 Å². The fourth-order valence-corrected chi connectivity index (χ4v) is 2.19. The summed E-state index contributed by atoms with van der Waals surface area (Å²) in [5.74, 6) is -0.164. The molecule has 1 aromatic rings. The highest BCUT2D eigenvalue weighted by Gasteiger charge is 2.07. The third-order valence-electron chi connectivity index (χ3n) is 2.80. The van der Waals surface area contributed by atoms with Crippen molar-refractivity contribution in [2.75, 3.05) is 6.54 Å². The van der Waals surface area contributed by atoms with Crippen molar-refractivity contribution >= 4 is 34.0 Å². The van der Waals surface area contributed by atoms with Crippen molar-refractivity contribution in [1.82, 2.24) is 10.7 Å². The first-order valence-corrected chi connectivity index (χ1v) is 7.73. The lowest BCUT2D eigenvalue weighted by atomic mass is 10.2. The number of carbonyl (C=O) groups is 2. The SMILES string of the molecule is CC=NNC(=O)CCCCCNC(=O)c1ccccc1Br. The van der Waals surface area contributed by atoms with Crippen molar-refractivity contribution in [3.05, 3.63) is 34.3 Å².